The third kappa shape index (κ3) is 2.30. The van der Waals surface area contributed by atoms with Crippen molar-refractivity contribution in [1.29, 1.82) is 0 Å². The third-order valence-electron chi connectivity index (χ3n) is 3.59. The lowest BCUT2D eigenvalue weighted by Crippen LogP contribution is -2.26. The van der Waals surface area contributed by atoms with E-state index in [1.807, 2.05) is 27.7 Å². The summed E-state index contributed by atoms with van der Waals surface area (Å²) in [5.41, 5.74) is 1.78. The minimum absolute atomic E-state index is 0.228. The van der Waals surface area contributed by atoms with Crippen molar-refractivity contribution in [1.82, 2.24) is 19.8 Å². The van der Waals surface area contributed by atoms with E-state index in [0.29, 0.717) is 16.8 Å². The number of hydrogen-bond acceptors (Lipinski definition) is 3. The number of rotatable bonds is 1. The van der Waals surface area contributed by atoms with Crippen LogP contribution in [0.5, 0.6) is 0 Å². The fourth-order valence-corrected chi connectivity index (χ4v) is 2.40. The normalized spacial score (nSPS) is 12.0. The number of aromatic nitrogens is 4. The van der Waals surface area contributed by atoms with Crippen molar-refractivity contribution < 1.29 is 4.39 Å². The smallest absolute Gasteiger partial charge is 0.266 e. The van der Waals surface area contributed by atoms with Crippen LogP contribution in [0.1, 0.15) is 31.9 Å². The second kappa shape index (κ2) is 4.76. The van der Waals surface area contributed by atoms with Gasteiger partial charge in [0.05, 0.1) is 5.56 Å². The van der Waals surface area contributed by atoms with Crippen molar-refractivity contribution in [3.63, 3.8) is 0 Å². The summed E-state index contributed by atoms with van der Waals surface area (Å²) in [7, 11) is 0. The monoisotopic (exact) mass is 300 g/mol. The minimum Gasteiger partial charge on any atom is -0.268 e. The Labute approximate surface area is 126 Å². The summed E-state index contributed by atoms with van der Waals surface area (Å²) in [5.74, 6) is -0.116. The quantitative estimate of drug-likeness (QED) is 0.751. The largest absolute Gasteiger partial charge is 0.268 e. The van der Waals surface area contributed by atoms with E-state index in [-0.39, 0.29) is 16.8 Å². The Kier molecular flexibility index (Phi) is 3.12. The highest BCUT2D eigenvalue weighted by atomic mass is 19.1. The van der Waals surface area contributed by atoms with E-state index in [1.165, 1.54) is 10.6 Å². The predicted molar refractivity (Wildman–Crippen MR) is 82.4 cm³/mol. The Morgan fingerprint density at radius 1 is 1.18 bits per heavy atom. The molecule has 0 spiro atoms. The summed E-state index contributed by atoms with van der Waals surface area (Å²) < 4.78 is 15.5. The van der Waals surface area contributed by atoms with Crippen LogP contribution in [0.15, 0.2) is 29.1 Å². The van der Waals surface area contributed by atoms with Gasteiger partial charge in [0, 0.05) is 5.56 Å². The molecule has 0 unspecified atom stereocenters. The zero-order valence-corrected chi connectivity index (χ0v) is 12.9. The Bertz CT molecular complexity index is 918. The number of halogens is 1. The Morgan fingerprint density at radius 2 is 1.91 bits per heavy atom. The highest BCUT2D eigenvalue weighted by Gasteiger charge is 2.21. The van der Waals surface area contributed by atoms with Crippen LogP contribution >= 0.6 is 0 Å². The summed E-state index contributed by atoms with van der Waals surface area (Å²) in [4.78, 5) is 12.3. The molecule has 1 aromatic carbocycles. The van der Waals surface area contributed by atoms with E-state index >= 15 is 0 Å². The molecule has 2 aromatic heterocycles. The van der Waals surface area contributed by atoms with Gasteiger partial charge in [0.25, 0.3) is 5.56 Å². The summed E-state index contributed by atoms with van der Waals surface area (Å²) in [6, 6.07) is 6.45. The average Bonchev–Trinajstić information content (AvgIpc) is 2.82. The van der Waals surface area contributed by atoms with Gasteiger partial charge < -0.3 is 0 Å². The standard InChI is InChI=1S/C16H17FN4O/c1-9-5-6-12(17)10(7-9)14-19-18-13-8-11(16(2,3)4)15(22)20-21(13)14/h5-8H,1-4H3,(H,20,22). The maximum absolute atomic E-state index is 14.1. The van der Waals surface area contributed by atoms with E-state index < -0.39 is 5.82 Å². The maximum Gasteiger partial charge on any atom is 0.266 e. The molecule has 0 bridgehead atoms. The Hall–Kier alpha value is -2.50. The fourth-order valence-electron chi connectivity index (χ4n) is 2.40. The van der Waals surface area contributed by atoms with Gasteiger partial charge in [-0.15, -0.1) is 10.2 Å². The molecule has 2 heterocycles. The highest BCUT2D eigenvalue weighted by molar-refractivity contribution is 5.60. The SMILES string of the molecule is Cc1ccc(F)c(-c2nnc3cc(C(C)(C)C)c(=O)[nH]n23)c1. The number of fused-ring (bicyclic) bond motifs is 1. The van der Waals surface area contributed by atoms with Crippen LogP contribution in [0.3, 0.4) is 0 Å². The maximum atomic E-state index is 14.1. The van der Waals surface area contributed by atoms with Gasteiger partial charge in [-0.2, -0.15) is 0 Å². The highest BCUT2D eigenvalue weighted by Crippen LogP contribution is 2.24. The van der Waals surface area contributed by atoms with Gasteiger partial charge in [0.15, 0.2) is 11.5 Å². The van der Waals surface area contributed by atoms with Gasteiger partial charge in [0.2, 0.25) is 0 Å². The van der Waals surface area contributed by atoms with Crippen LogP contribution in [0.25, 0.3) is 17.0 Å². The molecule has 22 heavy (non-hydrogen) atoms. The average molecular weight is 300 g/mol. The first-order valence-electron chi connectivity index (χ1n) is 7.03. The topological polar surface area (TPSA) is 63.0 Å². The zero-order valence-electron chi connectivity index (χ0n) is 12.9. The van der Waals surface area contributed by atoms with Crippen LogP contribution < -0.4 is 5.56 Å². The first-order chi connectivity index (χ1) is 10.3. The summed E-state index contributed by atoms with van der Waals surface area (Å²) in [6.07, 6.45) is 0. The molecule has 3 aromatic rings. The van der Waals surface area contributed by atoms with Crippen molar-refractivity contribution in [2.45, 2.75) is 33.1 Å². The van der Waals surface area contributed by atoms with Gasteiger partial charge >= 0.3 is 0 Å². The second-order valence-electron chi connectivity index (χ2n) is 6.45. The lowest BCUT2D eigenvalue weighted by Gasteiger charge is -2.17. The molecule has 0 aliphatic heterocycles. The van der Waals surface area contributed by atoms with Crippen LogP contribution in [0.4, 0.5) is 4.39 Å². The number of nitrogens with one attached hydrogen (secondary N) is 1. The predicted octanol–water partition coefficient (Wildman–Crippen LogP) is 2.83. The van der Waals surface area contributed by atoms with Gasteiger partial charge in [0.1, 0.15) is 5.82 Å². The van der Waals surface area contributed by atoms with E-state index in [2.05, 4.69) is 15.3 Å². The van der Waals surface area contributed by atoms with Crippen molar-refractivity contribution in [2.24, 2.45) is 0 Å². The fraction of sp³-hybridized carbons (Fsp3) is 0.312. The lowest BCUT2D eigenvalue weighted by molar-refractivity contribution is 0.577. The summed E-state index contributed by atoms with van der Waals surface area (Å²) in [6.45, 7) is 7.72. The van der Waals surface area contributed by atoms with Crippen LogP contribution in [0.2, 0.25) is 0 Å². The molecular weight excluding hydrogens is 283 g/mol. The second-order valence-corrected chi connectivity index (χ2v) is 6.45. The number of hydrogen-bond donors (Lipinski definition) is 1. The zero-order chi connectivity index (χ0) is 16.1. The van der Waals surface area contributed by atoms with Crippen LogP contribution in [0, 0.1) is 12.7 Å². The summed E-state index contributed by atoms with van der Waals surface area (Å²) in [5, 5.41) is 10.8. The molecule has 0 radical (unpaired) electrons. The molecule has 0 saturated heterocycles. The number of H-pyrrole nitrogens is 1. The van der Waals surface area contributed by atoms with E-state index in [9.17, 15) is 9.18 Å². The summed E-state index contributed by atoms with van der Waals surface area (Å²) >= 11 is 0. The molecule has 0 amide bonds. The van der Waals surface area contributed by atoms with Crippen LogP contribution in [-0.4, -0.2) is 19.8 Å². The van der Waals surface area contributed by atoms with Crippen molar-refractivity contribution in [3.8, 4) is 11.4 Å². The lowest BCUT2D eigenvalue weighted by atomic mass is 9.88. The molecule has 0 saturated carbocycles. The number of aromatic amines is 1. The Balaban J connectivity index is 2.28. The van der Waals surface area contributed by atoms with Crippen LogP contribution in [-0.2, 0) is 5.41 Å². The molecule has 114 valence electrons. The van der Waals surface area contributed by atoms with Crippen molar-refractivity contribution >= 4 is 5.65 Å². The van der Waals surface area contributed by atoms with E-state index in [4.69, 9.17) is 0 Å². The van der Waals surface area contributed by atoms with Crippen molar-refractivity contribution in [2.75, 3.05) is 0 Å². The van der Waals surface area contributed by atoms with Gasteiger partial charge in [-0.25, -0.2) is 8.91 Å². The minimum atomic E-state index is -0.402. The Morgan fingerprint density at radius 3 is 2.59 bits per heavy atom. The van der Waals surface area contributed by atoms with Gasteiger partial charge in [-0.05, 0) is 30.5 Å². The molecule has 6 heteroatoms. The first kappa shape index (κ1) is 14.4. The number of benzene rings is 1. The molecule has 3 rings (SSSR count). The molecule has 1 N–H and O–H groups in total. The molecule has 0 atom stereocenters. The van der Waals surface area contributed by atoms with Crippen molar-refractivity contribution in [3.05, 3.63) is 51.6 Å². The molecule has 0 aliphatic rings. The molecule has 5 nitrogen and oxygen atoms in total. The first-order valence-corrected chi connectivity index (χ1v) is 7.03. The van der Waals surface area contributed by atoms with E-state index in [1.54, 1.807) is 18.2 Å². The molecule has 0 fully saturated rings. The van der Waals surface area contributed by atoms with Gasteiger partial charge in [-0.1, -0.05) is 32.4 Å². The number of nitrogens with zero attached hydrogens (tertiary/aromatic N) is 3. The van der Waals surface area contributed by atoms with E-state index in [0.717, 1.165) is 5.56 Å². The third-order valence-corrected chi connectivity index (χ3v) is 3.59. The molecule has 0 aliphatic carbocycles. The number of aryl methyl sites for hydroxylation is 1. The van der Waals surface area contributed by atoms with Gasteiger partial charge in [-0.3, -0.25) is 9.89 Å². The molecular formula is C16H17FN4O.